The Bertz CT molecular complexity index is 835. The van der Waals surface area contributed by atoms with E-state index in [-0.39, 0.29) is 16.8 Å². The van der Waals surface area contributed by atoms with Crippen molar-refractivity contribution in [2.45, 2.75) is 24.4 Å². The van der Waals surface area contributed by atoms with Crippen LogP contribution in [0.15, 0.2) is 46.0 Å². The Balaban J connectivity index is 1.77. The molecule has 2 N–H and O–H groups in total. The lowest BCUT2D eigenvalue weighted by Gasteiger charge is -2.32. The lowest BCUT2D eigenvalue weighted by atomic mass is 10.2. The maximum absolute atomic E-state index is 12.9. The van der Waals surface area contributed by atoms with E-state index >= 15 is 0 Å². The fraction of sp³-hybridized carbons (Fsp3) is 0.353. The molecular weight excluding hydrogens is 358 g/mol. The van der Waals surface area contributed by atoms with Gasteiger partial charge in [-0.2, -0.15) is 15.6 Å². The average molecular weight is 380 g/mol. The van der Waals surface area contributed by atoms with Gasteiger partial charge in [0.1, 0.15) is 0 Å². The van der Waals surface area contributed by atoms with Crippen molar-refractivity contribution in [1.29, 1.82) is 0 Å². The van der Waals surface area contributed by atoms with Crippen LogP contribution in [-0.4, -0.2) is 44.3 Å². The molecule has 1 saturated heterocycles. The molecule has 0 aliphatic carbocycles. The van der Waals surface area contributed by atoms with Crippen molar-refractivity contribution in [2.75, 3.05) is 19.6 Å². The molecule has 6 nitrogen and oxygen atoms in total. The number of amides is 1. The third kappa shape index (κ3) is 4.09. The molecule has 0 bridgehead atoms. The third-order valence-electron chi connectivity index (χ3n) is 4.18. The Kier molecular flexibility index (Phi) is 5.53. The Hall–Kier alpha value is -1.74. The standard InChI is InChI=1S/C17H21N3O3S2/c1-13-10-18-6-7-20(13)25(22,23)16-4-2-3-15(9-16)17(21)19-11-14-5-8-24-12-14/h2-5,8-9,12-13,18H,6-7,10-11H2,1H3,(H,19,21)/t13-/m1/s1. The molecule has 3 rings (SSSR count). The Morgan fingerprint density at radius 2 is 2.24 bits per heavy atom. The molecule has 134 valence electrons. The zero-order valence-corrected chi connectivity index (χ0v) is 15.6. The van der Waals surface area contributed by atoms with E-state index in [4.69, 9.17) is 0 Å². The number of hydrogen-bond donors (Lipinski definition) is 2. The number of carbonyl (C=O) groups is 1. The fourth-order valence-corrected chi connectivity index (χ4v) is 5.14. The van der Waals surface area contributed by atoms with Gasteiger partial charge in [0.15, 0.2) is 0 Å². The summed E-state index contributed by atoms with van der Waals surface area (Å²) in [5, 5.41) is 9.91. The first-order chi connectivity index (χ1) is 12.0. The minimum atomic E-state index is -3.61. The number of thiophene rings is 1. The van der Waals surface area contributed by atoms with Gasteiger partial charge in [-0.05, 0) is 47.5 Å². The minimum Gasteiger partial charge on any atom is -0.348 e. The predicted molar refractivity (Wildman–Crippen MR) is 98.2 cm³/mol. The molecule has 1 aromatic heterocycles. The summed E-state index contributed by atoms with van der Waals surface area (Å²) in [7, 11) is -3.61. The molecule has 1 amide bonds. The maximum Gasteiger partial charge on any atom is 0.251 e. The highest BCUT2D eigenvalue weighted by atomic mass is 32.2. The summed E-state index contributed by atoms with van der Waals surface area (Å²) in [5.74, 6) is -0.281. The molecule has 0 spiro atoms. The van der Waals surface area contributed by atoms with Gasteiger partial charge < -0.3 is 10.6 Å². The Morgan fingerprint density at radius 3 is 2.96 bits per heavy atom. The summed E-state index contributed by atoms with van der Waals surface area (Å²) in [6, 6.07) is 8.06. The minimum absolute atomic E-state index is 0.116. The zero-order valence-electron chi connectivity index (χ0n) is 13.9. The fourth-order valence-electron chi connectivity index (χ4n) is 2.79. The number of piperazine rings is 1. The van der Waals surface area contributed by atoms with Crippen LogP contribution in [0.1, 0.15) is 22.8 Å². The van der Waals surface area contributed by atoms with Crippen molar-refractivity contribution in [1.82, 2.24) is 14.9 Å². The molecule has 1 aromatic carbocycles. The molecule has 1 fully saturated rings. The molecule has 2 aromatic rings. The molecule has 0 unspecified atom stereocenters. The molecular formula is C17H21N3O3S2. The smallest absolute Gasteiger partial charge is 0.251 e. The summed E-state index contributed by atoms with van der Waals surface area (Å²) in [5.41, 5.74) is 1.37. The molecule has 25 heavy (non-hydrogen) atoms. The number of nitrogens with zero attached hydrogens (tertiary/aromatic N) is 1. The van der Waals surface area contributed by atoms with Crippen molar-refractivity contribution in [3.63, 3.8) is 0 Å². The molecule has 2 heterocycles. The highest BCUT2D eigenvalue weighted by Gasteiger charge is 2.31. The van der Waals surface area contributed by atoms with E-state index in [0.29, 0.717) is 31.7 Å². The third-order valence-corrected chi connectivity index (χ3v) is 6.92. The predicted octanol–water partition coefficient (Wildman–Crippen LogP) is 1.66. The molecule has 1 aliphatic heterocycles. The first-order valence-corrected chi connectivity index (χ1v) is 10.5. The van der Waals surface area contributed by atoms with Crippen molar-refractivity contribution in [3.8, 4) is 0 Å². The SMILES string of the molecule is C[C@@H]1CNCCN1S(=O)(=O)c1cccc(C(=O)NCc2ccsc2)c1. The monoisotopic (exact) mass is 379 g/mol. The largest absolute Gasteiger partial charge is 0.348 e. The number of carbonyl (C=O) groups excluding carboxylic acids is 1. The topological polar surface area (TPSA) is 78.5 Å². The molecule has 8 heteroatoms. The number of nitrogens with one attached hydrogen (secondary N) is 2. The summed E-state index contributed by atoms with van der Waals surface area (Å²) < 4.78 is 27.3. The lowest BCUT2D eigenvalue weighted by molar-refractivity contribution is 0.0950. The van der Waals surface area contributed by atoms with Crippen LogP contribution in [0.2, 0.25) is 0 Å². The van der Waals surface area contributed by atoms with Gasteiger partial charge in [0.2, 0.25) is 10.0 Å². The summed E-state index contributed by atoms with van der Waals surface area (Å²) in [6.07, 6.45) is 0. The van der Waals surface area contributed by atoms with E-state index in [9.17, 15) is 13.2 Å². The normalized spacial score (nSPS) is 18.8. The van der Waals surface area contributed by atoms with Crippen LogP contribution in [0, 0.1) is 0 Å². The summed E-state index contributed by atoms with van der Waals surface area (Å²) in [4.78, 5) is 12.5. The summed E-state index contributed by atoms with van der Waals surface area (Å²) >= 11 is 1.57. The van der Waals surface area contributed by atoms with E-state index < -0.39 is 10.0 Å². The van der Waals surface area contributed by atoms with Gasteiger partial charge in [-0.3, -0.25) is 4.79 Å². The van der Waals surface area contributed by atoms with Gasteiger partial charge in [-0.15, -0.1) is 0 Å². The van der Waals surface area contributed by atoms with Gasteiger partial charge >= 0.3 is 0 Å². The lowest BCUT2D eigenvalue weighted by Crippen LogP contribution is -2.52. The number of hydrogen-bond acceptors (Lipinski definition) is 5. The van der Waals surface area contributed by atoms with Crippen molar-refractivity contribution >= 4 is 27.3 Å². The average Bonchev–Trinajstić information content (AvgIpc) is 3.13. The van der Waals surface area contributed by atoms with Gasteiger partial charge in [0.05, 0.1) is 4.90 Å². The highest BCUT2D eigenvalue weighted by molar-refractivity contribution is 7.89. The summed E-state index contributed by atoms with van der Waals surface area (Å²) in [6.45, 7) is 3.98. The molecule has 1 aliphatic rings. The second-order valence-electron chi connectivity index (χ2n) is 6.01. The van der Waals surface area contributed by atoms with Crippen LogP contribution < -0.4 is 10.6 Å². The van der Waals surface area contributed by atoms with Crippen molar-refractivity contribution < 1.29 is 13.2 Å². The van der Waals surface area contributed by atoms with Crippen LogP contribution in [-0.2, 0) is 16.6 Å². The van der Waals surface area contributed by atoms with Crippen LogP contribution >= 0.6 is 11.3 Å². The number of benzene rings is 1. The van der Waals surface area contributed by atoms with Crippen molar-refractivity contribution in [2.24, 2.45) is 0 Å². The van der Waals surface area contributed by atoms with Crippen LogP contribution in [0.25, 0.3) is 0 Å². The van der Waals surface area contributed by atoms with Crippen molar-refractivity contribution in [3.05, 3.63) is 52.2 Å². The van der Waals surface area contributed by atoms with Crippen LogP contribution in [0.5, 0.6) is 0 Å². The molecule has 0 saturated carbocycles. The Labute approximate surface area is 151 Å². The van der Waals surface area contributed by atoms with Crippen LogP contribution in [0.4, 0.5) is 0 Å². The van der Waals surface area contributed by atoms with Gasteiger partial charge in [0, 0.05) is 37.8 Å². The number of sulfonamides is 1. The quantitative estimate of drug-likeness (QED) is 0.828. The van der Waals surface area contributed by atoms with Gasteiger partial charge in [-0.1, -0.05) is 6.07 Å². The Morgan fingerprint density at radius 1 is 1.40 bits per heavy atom. The number of rotatable bonds is 5. The zero-order chi connectivity index (χ0) is 17.9. The van der Waals surface area contributed by atoms with E-state index in [1.165, 1.54) is 10.4 Å². The molecule has 0 radical (unpaired) electrons. The van der Waals surface area contributed by atoms with E-state index in [2.05, 4.69) is 10.6 Å². The van der Waals surface area contributed by atoms with E-state index in [1.54, 1.807) is 29.5 Å². The van der Waals surface area contributed by atoms with Crippen LogP contribution in [0.3, 0.4) is 0 Å². The van der Waals surface area contributed by atoms with Gasteiger partial charge in [0.25, 0.3) is 5.91 Å². The molecule has 1 atom stereocenters. The second kappa shape index (κ2) is 7.65. The first kappa shape index (κ1) is 18.1. The highest BCUT2D eigenvalue weighted by Crippen LogP contribution is 2.20. The van der Waals surface area contributed by atoms with E-state index in [0.717, 1.165) is 5.56 Å². The maximum atomic E-state index is 12.9. The van der Waals surface area contributed by atoms with Gasteiger partial charge in [-0.25, -0.2) is 8.42 Å². The second-order valence-corrected chi connectivity index (χ2v) is 8.68. The van der Waals surface area contributed by atoms with E-state index in [1.807, 2.05) is 23.8 Å². The first-order valence-electron chi connectivity index (χ1n) is 8.10.